The van der Waals surface area contributed by atoms with Gasteiger partial charge in [-0.1, -0.05) is 19.9 Å². The third-order valence-electron chi connectivity index (χ3n) is 4.61. The zero-order valence-electron chi connectivity index (χ0n) is 12.2. The quantitative estimate of drug-likeness (QED) is 0.891. The smallest absolute Gasteiger partial charge is 0.165 e. The molecule has 0 radical (unpaired) electrons. The second-order valence-electron chi connectivity index (χ2n) is 5.80. The van der Waals surface area contributed by atoms with Gasteiger partial charge < -0.3 is 10.1 Å². The Bertz CT molecular complexity index is 435. The van der Waals surface area contributed by atoms with Crippen LogP contribution in [-0.2, 0) is 0 Å². The summed E-state index contributed by atoms with van der Waals surface area (Å²) in [6, 6.07) is 5.90. The van der Waals surface area contributed by atoms with E-state index in [0.717, 1.165) is 11.5 Å². The minimum absolute atomic E-state index is 0.165. The number of rotatable bonds is 4. The third-order valence-corrected chi connectivity index (χ3v) is 4.61. The first kappa shape index (κ1) is 14.3. The van der Waals surface area contributed by atoms with Crippen molar-refractivity contribution in [2.45, 2.75) is 45.7 Å². The molecule has 106 valence electrons. The second-order valence-corrected chi connectivity index (χ2v) is 5.80. The predicted molar refractivity (Wildman–Crippen MR) is 75.9 cm³/mol. The van der Waals surface area contributed by atoms with Crippen molar-refractivity contribution >= 4 is 0 Å². The molecule has 1 aliphatic carbocycles. The van der Waals surface area contributed by atoms with Crippen molar-refractivity contribution in [2.75, 3.05) is 7.11 Å². The Morgan fingerprint density at radius 3 is 2.58 bits per heavy atom. The first-order chi connectivity index (χ1) is 9.02. The van der Waals surface area contributed by atoms with E-state index >= 15 is 0 Å². The van der Waals surface area contributed by atoms with Crippen molar-refractivity contribution in [3.8, 4) is 5.75 Å². The summed E-state index contributed by atoms with van der Waals surface area (Å²) in [6.45, 7) is 6.71. The van der Waals surface area contributed by atoms with Crippen LogP contribution in [0.1, 0.15) is 45.2 Å². The molecule has 1 saturated carbocycles. The van der Waals surface area contributed by atoms with Crippen LogP contribution in [0.3, 0.4) is 0 Å². The molecular formula is C16H24FNO. The molecule has 0 saturated heterocycles. The lowest BCUT2D eigenvalue weighted by Gasteiger charge is -2.24. The zero-order valence-corrected chi connectivity index (χ0v) is 12.2. The molecule has 1 fully saturated rings. The molecule has 1 aromatic rings. The Kier molecular flexibility index (Phi) is 4.46. The van der Waals surface area contributed by atoms with Crippen molar-refractivity contribution in [1.82, 2.24) is 5.32 Å². The van der Waals surface area contributed by atoms with Crippen molar-refractivity contribution in [1.29, 1.82) is 0 Å². The molecule has 2 nitrogen and oxygen atoms in total. The lowest BCUT2D eigenvalue weighted by Crippen LogP contribution is -2.34. The summed E-state index contributed by atoms with van der Waals surface area (Å²) in [5.74, 6) is 1.48. The Morgan fingerprint density at radius 2 is 2.05 bits per heavy atom. The molecule has 2 rings (SSSR count). The fourth-order valence-corrected chi connectivity index (χ4v) is 2.97. The van der Waals surface area contributed by atoms with E-state index in [-0.39, 0.29) is 11.9 Å². The zero-order chi connectivity index (χ0) is 14.0. The monoisotopic (exact) mass is 265 g/mol. The number of hydrogen-bond donors (Lipinski definition) is 1. The minimum atomic E-state index is -0.290. The number of ether oxygens (including phenoxy) is 1. The summed E-state index contributed by atoms with van der Waals surface area (Å²) in [6.07, 6.45) is 2.49. The molecule has 19 heavy (non-hydrogen) atoms. The van der Waals surface area contributed by atoms with E-state index < -0.39 is 0 Å². The van der Waals surface area contributed by atoms with Gasteiger partial charge in [-0.15, -0.1) is 0 Å². The maximum atomic E-state index is 13.7. The van der Waals surface area contributed by atoms with Crippen molar-refractivity contribution in [3.63, 3.8) is 0 Å². The van der Waals surface area contributed by atoms with E-state index in [9.17, 15) is 4.39 Å². The molecule has 0 bridgehead atoms. The van der Waals surface area contributed by atoms with Gasteiger partial charge in [0.15, 0.2) is 11.6 Å². The maximum Gasteiger partial charge on any atom is 0.165 e. The van der Waals surface area contributed by atoms with Crippen LogP contribution in [0.2, 0.25) is 0 Å². The predicted octanol–water partition coefficient (Wildman–Crippen LogP) is 3.92. The Balaban J connectivity index is 2.04. The Morgan fingerprint density at radius 1 is 1.32 bits per heavy atom. The fraction of sp³-hybridized carbons (Fsp3) is 0.625. The molecule has 1 aliphatic rings. The Hall–Kier alpha value is -1.09. The topological polar surface area (TPSA) is 21.3 Å². The summed E-state index contributed by atoms with van der Waals surface area (Å²) in [5, 5.41) is 3.63. The summed E-state index contributed by atoms with van der Waals surface area (Å²) in [7, 11) is 1.49. The van der Waals surface area contributed by atoms with E-state index in [2.05, 4.69) is 26.1 Å². The van der Waals surface area contributed by atoms with E-state index in [1.165, 1.54) is 20.0 Å². The number of halogens is 1. The highest BCUT2D eigenvalue weighted by Crippen LogP contribution is 2.33. The molecule has 0 aliphatic heterocycles. The molecule has 0 heterocycles. The Labute approximate surface area is 115 Å². The first-order valence-electron chi connectivity index (χ1n) is 7.12. The van der Waals surface area contributed by atoms with Gasteiger partial charge in [0.2, 0.25) is 0 Å². The van der Waals surface area contributed by atoms with E-state index in [1.54, 1.807) is 12.1 Å². The summed E-state index contributed by atoms with van der Waals surface area (Å²) in [4.78, 5) is 0. The number of methoxy groups -OCH3 is 1. The molecule has 1 N–H and O–H groups in total. The molecule has 0 aromatic heterocycles. The molecule has 4 unspecified atom stereocenters. The third kappa shape index (κ3) is 3.08. The lowest BCUT2D eigenvalue weighted by atomic mass is 9.96. The summed E-state index contributed by atoms with van der Waals surface area (Å²) >= 11 is 0. The summed E-state index contributed by atoms with van der Waals surface area (Å²) < 4.78 is 18.7. The highest BCUT2D eigenvalue weighted by Gasteiger charge is 2.30. The molecule has 0 spiro atoms. The SMILES string of the molecule is COc1ccc(C(C)NC2CCC(C)C2C)cc1F. The maximum absolute atomic E-state index is 13.7. The minimum Gasteiger partial charge on any atom is -0.494 e. The van der Waals surface area contributed by atoms with Crippen LogP contribution in [-0.4, -0.2) is 13.2 Å². The highest BCUT2D eigenvalue weighted by atomic mass is 19.1. The molecule has 4 atom stereocenters. The number of nitrogens with one attached hydrogen (secondary N) is 1. The largest absolute Gasteiger partial charge is 0.494 e. The van der Waals surface area contributed by atoms with Gasteiger partial charge in [-0.3, -0.25) is 0 Å². The van der Waals surface area contributed by atoms with Gasteiger partial charge in [0, 0.05) is 12.1 Å². The fourth-order valence-electron chi connectivity index (χ4n) is 2.97. The standard InChI is InChI=1S/C16H24FNO/c1-10-5-7-15(11(10)2)18-12(3)13-6-8-16(19-4)14(17)9-13/h6,8-12,15,18H,5,7H2,1-4H3. The van der Waals surface area contributed by atoms with Crippen LogP contribution >= 0.6 is 0 Å². The van der Waals surface area contributed by atoms with E-state index in [1.807, 2.05) is 6.07 Å². The van der Waals surface area contributed by atoms with Gasteiger partial charge in [0.05, 0.1) is 7.11 Å². The molecular weight excluding hydrogens is 241 g/mol. The van der Waals surface area contributed by atoms with Crippen LogP contribution in [0.15, 0.2) is 18.2 Å². The lowest BCUT2D eigenvalue weighted by molar-refractivity contribution is 0.346. The van der Waals surface area contributed by atoms with Gasteiger partial charge in [-0.2, -0.15) is 0 Å². The molecule has 1 aromatic carbocycles. The number of benzene rings is 1. The average molecular weight is 265 g/mol. The van der Waals surface area contributed by atoms with Crippen LogP contribution in [0.4, 0.5) is 4.39 Å². The first-order valence-corrected chi connectivity index (χ1v) is 7.12. The summed E-state index contributed by atoms with van der Waals surface area (Å²) in [5.41, 5.74) is 0.977. The van der Waals surface area contributed by atoms with Crippen LogP contribution < -0.4 is 10.1 Å². The van der Waals surface area contributed by atoms with Crippen molar-refractivity contribution < 1.29 is 9.13 Å². The normalized spacial score (nSPS) is 28.4. The van der Waals surface area contributed by atoms with Crippen LogP contribution in [0.5, 0.6) is 5.75 Å². The van der Waals surface area contributed by atoms with Gasteiger partial charge in [-0.05, 0) is 49.3 Å². The molecule has 0 amide bonds. The van der Waals surface area contributed by atoms with Crippen LogP contribution in [0, 0.1) is 17.7 Å². The number of hydrogen-bond acceptors (Lipinski definition) is 2. The molecule has 3 heteroatoms. The van der Waals surface area contributed by atoms with E-state index in [4.69, 9.17) is 4.74 Å². The van der Waals surface area contributed by atoms with E-state index in [0.29, 0.717) is 17.7 Å². The highest BCUT2D eigenvalue weighted by molar-refractivity contribution is 5.30. The van der Waals surface area contributed by atoms with Crippen LogP contribution in [0.25, 0.3) is 0 Å². The van der Waals surface area contributed by atoms with Gasteiger partial charge in [0.1, 0.15) is 0 Å². The van der Waals surface area contributed by atoms with Crippen molar-refractivity contribution in [3.05, 3.63) is 29.6 Å². The van der Waals surface area contributed by atoms with Gasteiger partial charge in [0.25, 0.3) is 0 Å². The van der Waals surface area contributed by atoms with Gasteiger partial charge in [-0.25, -0.2) is 4.39 Å². The second kappa shape index (κ2) is 5.91. The van der Waals surface area contributed by atoms with Crippen molar-refractivity contribution in [2.24, 2.45) is 11.8 Å². The van der Waals surface area contributed by atoms with Gasteiger partial charge >= 0.3 is 0 Å². The average Bonchev–Trinajstić information content (AvgIpc) is 2.70.